The topological polar surface area (TPSA) is 56.1 Å². The monoisotopic (exact) mass is 383 g/mol. The molecule has 0 saturated carbocycles. The van der Waals surface area contributed by atoms with Gasteiger partial charge < -0.3 is 14.6 Å². The number of nitrogens with one attached hydrogen (secondary N) is 1. The molecule has 27 heavy (non-hydrogen) atoms. The average molecular weight is 384 g/mol. The third-order valence-corrected chi connectivity index (χ3v) is 4.61. The summed E-state index contributed by atoms with van der Waals surface area (Å²) in [6, 6.07) is 15.1. The minimum absolute atomic E-state index is 0.172. The quantitative estimate of drug-likeness (QED) is 0.661. The van der Waals surface area contributed by atoms with E-state index in [0.717, 1.165) is 17.1 Å². The number of hydrogen-bond acceptors (Lipinski definition) is 3. The van der Waals surface area contributed by atoms with Crippen LogP contribution in [0.5, 0.6) is 5.75 Å². The number of benzene rings is 2. The number of carbonyl (C=O) groups excluding carboxylic acids is 1. The van der Waals surface area contributed by atoms with Gasteiger partial charge in [0.1, 0.15) is 11.6 Å². The SMILES string of the molecule is CC[C@H](Oc1ccccc1Cl)C(=O)NCc1ccccc1-n1ccnc1C. The zero-order valence-electron chi connectivity index (χ0n) is 15.4. The van der Waals surface area contributed by atoms with Gasteiger partial charge in [0.05, 0.1) is 10.7 Å². The predicted molar refractivity (Wildman–Crippen MR) is 106 cm³/mol. The number of ether oxygens (including phenoxy) is 1. The van der Waals surface area contributed by atoms with Crippen LogP contribution in [0, 0.1) is 6.92 Å². The van der Waals surface area contributed by atoms with Crippen LogP contribution >= 0.6 is 11.6 Å². The Morgan fingerprint density at radius 3 is 2.67 bits per heavy atom. The number of para-hydroxylation sites is 2. The summed E-state index contributed by atoms with van der Waals surface area (Å²) in [4.78, 5) is 16.9. The zero-order valence-corrected chi connectivity index (χ0v) is 16.1. The number of nitrogens with zero attached hydrogens (tertiary/aromatic N) is 2. The van der Waals surface area contributed by atoms with Crippen LogP contribution in [-0.2, 0) is 11.3 Å². The number of amides is 1. The fraction of sp³-hybridized carbons (Fsp3) is 0.238. The summed E-state index contributed by atoms with van der Waals surface area (Å²) in [5.74, 6) is 1.23. The number of rotatable bonds is 7. The van der Waals surface area contributed by atoms with Crippen molar-refractivity contribution in [2.45, 2.75) is 32.9 Å². The van der Waals surface area contributed by atoms with Gasteiger partial charge >= 0.3 is 0 Å². The molecule has 140 valence electrons. The van der Waals surface area contributed by atoms with E-state index in [1.54, 1.807) is 18.3 Å². The third-order valence-electron chi connectivity index (χ3n) is 4.30. The van der Waals surface area contributed by atoms with Crippen molar-refractivity contribution in [3.05, 3.63) is 77.3 Å². The van der Waals surface area contributed by atoms with Crippen molar-refractivity contribution in [2.24, 2.45) is 0 Å². The van der Waals surface area contributed by atoms with E-state index in [2.05, 4.69) is 10.3 Å². The third kappa shape index (κ3) is 4.49. The maximum Gasteiger partial charge on any atom is 0.261 e. The minimum atomic E-state index is -0.605. The second-order valence-corrected chi connectivity index (χ2v) is 6.54. The number of halogens is 1. The van der Waals surface area contributed by atoms with E-state index >= 15 is 0 Å². The van der Waals surface area contributed by atoms with Crippen LogP contribution in [0.4, 0.5) is 0 Å². The van der Waals surface area contributed by atoms with Crippen molar-refractivity contribution in [3.8, 4) is 11.4 Å². The van der Waals surface area contributed by atoms with E-state index < -0.39 is 6.10 Å². The Labute approximate surface area is 164 Å². The molecule has 0 radical (unpaired) electrons. The summed E-state index contributed by atoms with van der Waals surface area (Å²) in [7, 11) is 0. The molecule has 5 nitrogen and oxygen atoms in total. The molecule has 0 unspecified atom stereocenters. The van der Waals surface area contributed by atoms with Crippen LogP contribution in [0.2, 0.25) is 5.02 Å². The molecule has 0 aliphatic heterocycles. The molecule has 2 aromatic carbocycles. The number of carbonyl (C=O) groups is 1. The largest absolute Gasteiger partial charge is 0.479 e. The number of aryl methyl sites for hydroxylation is 1. The molecule has 0 aliphatic rings. The molecule has 0 aliphatic carbocycles. The molecule has 1 N–H and O–H groups in total. The fourth-order valence-corrected chi connectivity index (χ4v) is 3.02. The lowest BCUT2D eigenvalue weighted by molar-refractivity contribution is -0.128. The van der Waals surface area contributed by atoms with Crippen LogP contribution in [0.25, 0.3) is 5.69 Å². The summed E-state index contributed by atoms with van der Waals surface area (Å²) < 4.78 is 7.81. The first-order chi connectivity index (χ1) is 13.1. The number of imidazole rings is 1. The Kier molecular flexibility index (Phi) is 6.14. The van der Waals surface area contributed by atoms with Crippen LogP contribution in [-0.4, -0.2) is 21.6 Å². The van der Waals surface area contributed by atoms with E-state index in [0.29, 0.717) is 23.7 Å². The molecule has 6 heteroatoms. The van der Waals surface area contributed by atoms with E-state index in [4.69, 9.17) is 16.3 Å². The van der Waals surface area contributed by atoms with Gasteiger partial charge in [0, 0.05) is 18.9 Å². The van der Waals surface area contributed by atoms with Gasteiger partial charge in [0.25, 0.3) is 5.91 Å². The Morgan fingerprint density at radius 1 is 1.22 bits per heavy atom. The standard InChI is InChI=1S/C21H22ClN3O2/c1-3-19(27-20-11-7-5-9-17(20)22)21(26)24-14-16-8-4-6-10-18(16)25-13-12-23-15(25)2/h4-13,19H,3,14H2,1-2H3,(H,24,26)/t19-/m0/s1. The smallest absolute Gasteiger partial charge is 0.261 e. The fourth-order valence-electron chi connectivity index (χ4n) is 2.84. The van der Waals surface area contributed by atoms with Crippen molar-refractivity contribution in [1.82, 2.24) is 14.9 Å². The highest BCUT2D eigenvalue weighted by molar-refractivity contribution is 6.32. The van der Waals surface area contributed by atoms with Gasteiger partial charge in [-0.05, 0) is 37.1 Å². The Bertz CT molecular complexity index is 923. The summed E-state index contributed by atoms with van der Waals surface area (Å²) in [5.41, 5.74) is 1.99. The predicted octanol–water partition coefficient (Wildman–Crippen LogP) is 4.31. The highest BCUT2D eigenvalue weighted by atomic mass is 35.5. The molecule has 0 bridgehead atoms. The molecule has 3 aromatic rings. The van der Waals surface area contributed by atoms with Gasteiger partial charge in [-0.2, -0.15) is 0 Å². The van der Waals surface area contributed by atoms with E-state index in [9.17, 15) is 4.79 Å². The van der Waals surface area contributed by atoms with Gasteiger partial charge in [0.15, 0.2) is 6.10 Å². The van der Waals surface area contributed by atoms with Gasteiger partial charge in [0.2, 0.25) is 0 Å². The first-order valence-electron chi connectivity index (χ1n) is 8.87. The van der Waals surface area contributed by atoms with Crippen molar-refractivity contribution < 1.29 is 9.53 Å². The van der Waals surface area contributed by atoms with Crippen LogP contribution in [0.3, 0.4) is 0 Å². The van der Waals surface area contributed by atoms with Crippen LogP contribution < -0.4 is 10.1 Å². The van der Waals surface area contributed by atoms with Gasteiger partial charge in [-0.1, -0.05) is 48.9 Å². The molecule has 1 heterocycles. The maximum atomic E-state index is 12.6. The summed E-state index contributed by atoms with van der Waals surface area (Å²) in [6.45, 7) is 4.25. The highest BCUT2D eigenvalue weighted by Crippen LogP contribution is 2.25. The van der Waals surface area contributed by atoms with Crippen molar-refractivity contribution >= 4 is 17.5 Å². The molecule has 0 spiro atoms. The van der Waals surface area contributed by atoms with Gasteiger partial charge in [-0.25, -0.2) is 4.98 Å². The summed E-state index contributed by atoms with van der Waals surface area (Å²) in [5, 5.41) is 3.46. The minimum Gasteiger partial charge on any atom is -0.479 e. The molecule has 1 aromatic heterocycles. The van der Waals surface area contributed by atoms with E-state index in [-0.39, 0.29) is 5.91 Å². The lowest BCUT2D eigenvalue weighted by Gasteiger charge is -2.19. The first-order valence-corrected chi connectivity index (χ1v) is 9.25. The molecule has 1 amide bonds. The highest BCUT2D eigenvalue weighted by Gasteiger charge is 2.19. The van der Waals surface area contributed by atoms with Crippen molar-refractivity contribution in [1.29, 1.82) is 0 Å². The number of aromatic nitrogens is 2. The lowest BCUT2D eigenvalue weighted by Crippen LogP contribution is -2.37. The first kappa shape index (κ1) is 19.0. The van der Waals surface area contributed by atoms with E-state index in [1.165, 1.54) is 0 Å². The van der Waals surface area contributed by atoms with Crippen molar-refractivity contribution in [3.63, 3.8) is 0 Å². The van der Waals surface area contributed by atoms with Gasteiger partial charge in [-0.15, -0.1) is 0 Å². The molecule has 0 fully saturated rings. The second-order valence-electron chi connectivity index (χ2n) is 6.14. The van der Waals surface area contributed by atoms with Crippen LogP contribution in [0.1, 0.15) is 24.7 Å². The lowest BCUT2D eigenvalue weighted by atomic mass is 10.1. The van der Waals surface area contributed by atoms with Crippen LogP contribution in [0.15, 0.2) is 60.9 Å². The Balaban J connectivity index is 1.70. The molecule has 1 atom stereocenters. The Morgan fingerprint density at radius 2 is 1.96 bits per heavy atom. The molecular formula is C21H22ClN3O2. The van der Waals surface area contributed by atoms with Crippen molar-refractivity contribution in [2.75, 3.05) is 0 Å². The molecular weight excluding hydrogens is 362 g/mol. The maximum absolute atomic E-state index is 12.6. The Hall–Kier alpha value is -2.79. The second kappa shape index (κ2) is 8.73. The summed E-state index contributed by atoms with van der Waals surface area (Å²) >= 11 is 6.13. The zero-order chi connectivity index (χ0) is 19.2. The molecule has 3 rings (SSSR count). The average Bonchev–Trinajstić information content (AvgIpc) is 3.11. The van der Waals surface area contributed by atoms with Gasteiger partial charge in [-0.3, -0.25) is 4.79 Å². The van der Waals surface area contributed by atoms with E-state index in [1.807, 2.05) is 61.0 Å². The summed E-state index contributed by atoms with van der Waals surface area (Å²) in [6.07, 6.45) is 3.60. The number of hydrogen-bond donors (Lipinski definition) is 1. The normalized spacial score (nSPS) is 11.8. The molecule has 0 saturated heterocycles.